The first kappa shape index (κ1) is 15.8. The van der Waals surface area contributed by atoms with Gasteiger partial charge in [-0.1, -0.05) is 19.1 Å². The first-order chi connectivity index (χ1) is 11.1. The van der Waals surface area contributed by atoms with Gasteiger partial charge >= 0.3 is 5.97 Å². The molecule has 1 fully saturated rings. The summed E-state index contributed by atoms with van der Waals surface area (Å²) >= 11 is 0. The first-order valence-electron chi connectivity index (χ1n) is 8.10. The number of nitrogens with one attached hydrogen (secondary N) is 1. The van der Waals surface area contributed by atoms with E-state index in [2.05, 4.69) is 5.32 Å². The monoisotopic (exact) mass is 318 g/mol. The normalized spacial score (nSPS) is 19.6. The molecule has 1 saturated heterocycles. The van der Waals surface area contributed by atoms with Gasteiger partial charge in [0.05, 0.1) is 18.7 Å². The van der Waals surface area contributed by atoms with Crippen molar-refractivity contribution < 1.29 is 19.1 Å². The molecule has 1 aromatic rings. The number of para-hydroxylation sites is 1. The highest BCUT2D eigenvalue weighted by Crippen LogP contribution is 2.33. The molecule has 6 nitrogen and oxygen atoms in total. The maximum Gasteiger partial charge on any atom is 0.320 e. The zero-order valence-electron chi connectivity index (χ0n) is 13.3. The maximum absolute atomic E-state index is 12.3. The van der Waals surface area contributed by atoms with Gasteiger partial charge in [-0.2, -0.15) is 0 Å². The van der Waals surface area contributed by atoms with Crippen molar-refractivity contribution in [3.63, 3.8) is 0 Å². The fraction of sp³-hybridized carbons (Fsp3) is 0.529. The molecule has 1 aromatic carbocycles. The number of rotatable bonds is 4. The number of piperidine rings is 1. The van der Waals surface area contributed by atoms with Crippen molar-refractivity contribution in [2.45, 2.75) is 31.9 Å². The molecule has 0 radical (unpaired) electrons. The number of ether oxygens (including phenoxy) is 2. The molecule has 2 aliphatic heterocycles. The summed E-state index contributed by atoms with van der Waals surface area (Å²) in [6.45, 7) is 4.10. The molecular weight excluding hydrogens is 296 g/mol. The molecule has 0 unspecified atom stereocenters. The van der Waals surface area contributed by atoms with Gasteiger partial charge in [-0.05, 0) is 18.6 Å². The Hall–Kier alpha value is -2.08. The molecule has 1 spiro atoms. The zero-order chi connectivity index (χ0) is 16.3. The number of nitrogens with zero attached hydrogens (tertiary/aromatic N) is 1. The van der Waals surface area contributed by atoms with Crippen LogP contribution in [0.3, 0.4) is 0 Å². The molecule has 0 aromatic heterocycles. The van der Waals surface area contributed by atoms with E-state index in [1.165, 1.54) is 0 Å². The van der Waals surface area contributed by atoms with Gasteiger partial charge in [-0.15, -0.1) is 0 Å². The zero-order valence-corrected chi connectivity index (χ0v) is 13.3. The molecule has 0 atom stereocenters. The number of hydrogen-bond acceptors (Lipinski definition) is 5. The van der Waals surface area contributed by atoms with E-state index in [-0.39, 0.29) is 11.9 Å². The minimum atomic E-state index is -0.657. The molecular formula is C17H22N2O4. The molecule has 6 heteroatoms. The summed E-state index contributed by atoms with van der Waals surface area (Å²) < 4.78 is 11.2. The third kappa shape index (κ3) is 3.47. The molecule has 2 heterocycles. The molecule has 1 N–H and O–H groups in total. The SMILES string of the molecule is CCCOC(=O)CN1CCC2(CC1)NC(=O)c1ccccc1O2. The van der Waals surface area contributed by atoms with Gasteiger partial charge in [0, 0.05) is 25.9 Å². The van der Waals surface area contributed by atoms with Crippen molar-refractivity contribution >= 4 is 11.9 Å². The van der Waals surface area contributed by atoms with Crippen LogP contribution >= 0.6 is 0 Å². The van der Waals surface area contributed by atoms with E-state index < -0.39 is 5.72 Å². The van der Waals surface area contributed by atoms with Crippen molar-refractivity contribution in [1.82, 2.24) is 10.2 Å². The predicted molar refractivity (Wildman–Crippen MR) is 84.2 cm³/mol. The second-order valence-corrected chi connectivity index (χ2v) is 6.04. The summed E-state index contributed by atoms with van der Waals surface area (Å²) in [5, 5.41) is 2.99. The van der Waals surface area contributed by atoms with Gasteiger partial charge in [-0.25, -0.2) is 0 Å². The summed E-state index contributed by atoms with van der Waals surface area (Å²) in [4.78, 5) is 26.0. The molecule has 0 aliphatic carbocycles. The molecule has 1 amide bonds. The number of likely N-dealkylation sites (tertiary alicyclic amines) is 1. The Morgan fingerprint density at radius 3 is 2.83 bits per heavy atom. The molecule has 2 aliphatic rings. The summed E-state index contributed by atoms with van der Waals surface area (Å²) in [6.07, 6.45) is 2.12. The Labute approximate surface area is 135 Å². The number of esters is 1. The number of amides is 1. The van der Waals surface area contributed by atoms with E-state index in [0.29, 0.717) is 50.4 Å². The summed E-state index contributed by atoms with van der Waals surface area (Å²) in [7, 11) is 0. The molecule has 23 heavy (non-hydrogen) atoms. The lowest BCUT2D eigenvalue weighted by Crippen LogP contribution is -2.61. The van der Waals surface area contributed by atoms with Crippen LogP contribution in [0.15, 0.2) is 24.3 Å². The number of benzene rings is 1. The van der Waals surface area contributed by atoms with Crippen LogP contribution in [-0.2, 0) is 9.53 Å². The van der Waals surface area contributed by atoms with Gasteiger partial charge in [0.15, 0.2) is 5.72 Å². The number of fused-ring (bicyclic) bond motifs is 1. The van der Waals surface area contributed by atoms with Crippen LogP contribution < -0.4 is 10.1 Å². The molecule has 0 saturated carbocycles. The van der Waals surface area contributed by atoms with Crippen molar-refractivity contribution in [2.75, 3.05) is 26.2 Å². The Kier molecular flexibility index (Phi) is 4.52. The highest BCUT2D eigenvalue weighted by molar-refractivity contribution is 5.98. The average Bonchev–Trinajstić information content (AvgIpc) is 2.55. The lowest BCUT2D eigenvalue weighted by atomic mass is 9.97. The summed E-state index contributed by atoms with van der Waals surface area (Å²) in [5.41, 5.74) is -0.0846. The Bertz CT molecular complexity index is 594. The van der Waals surface area contributed by atoms with Crippen LogP contribution in [-0.4, -0.2) is 48.7 Å². The van der Waals surface area contributed by atoms with E-state index in [4.69, 9.17) is 9.47 Å². The number of carbonyl (C=O) groups is 2. The lowest BCUT2D eigenvalue weighted by Gasteiger charge is -2.44. The third-order valence-electron chi connectivity index (χ3n) is 4.26. The second kappa shape index (κ2) is 6.58. The van der Waals surface area contributed by atoms with Crippen LogP contribution in [0.4, 0.5) is 0 Å². The van der Waals surface area contributed by atoms with Gasteiger partial charge in [0.25, 0.3) is 5.91 Å². The van der Waals surface area contributed by atoms with Crippen molar-refractivity contribution in [3.8, 4) is 5.75 Å². The van der Waals surface area contributed by atoms with Gasteiger partial charge in [0.1, 0.15) is 5.75 Å². The average molecular weight is 318 g/mol. The fourth-order valence-electron chi connectivity index (χ4n) is 3.00. The highest BCUT2D eigenvalue weighted by atomic mass is 16.5. The standard InChI is InChI=1S/C17H22N2O4/c1-2-11-22-15(20)12-19-9-7-17(8-10-19)18-16(21)13-5-3-4-6-14(13)23-17/h3-6H,2,7-12H2,1H3,(H,18,21). The fourth-order valence-corrected chi connectivity index (χ4v) is 3.00. The molecule has 0 bridgehead atoms. The topological polar surface area (TPSA) is 67.9 Å². The van der Waals surface area contributed by atoms with Crippen LogP contribution in [0.25, 0.3) is 0 Å². The van der Waals surface area contributed by atoms with Crippen LogP contribution in [0.2, 0.25) is 0 Å². The van der Waals surface area contributed by atoms with Crippen LogP contribution in [0.5, 0.6) is 5.75 Å². The smallest absolute Gasteiger partial charge is 0.320 e. The van der Waals surface area contributed by atoms with Gasteiger partial charge < -0.3 is 14.8 Å². The van der Waals surface area contributed by atoms with E-state index in [0.717, 1.165) is 6.42 Å². The minimum Gasteiger partial charge on any atom is -0.467 e. The van der Waals surface area contributed by atoms with E-state index in [1.807, 2.05) is 30.0 Å². The van der Waals surface area contributed by atoms with Gasteiger partial charge in [-0.3, -0.25) is 14.5 Å². The number of carbonyl (C=O) groups excluding carboxylic acids is 2. The van der Waals surface area contributed by atoms with Crippen molar-refractivity contribution in [3.05, 3.63) is 29.8 Å². The molecule has 3 rings (SSSR count). The van der Waals surface area contributed by atoms with E-state index in [1.54, 1.807) is 6.07 Å². The van der Waals surface area contributed by atoms with Crippen LogP contribution in [0, 0.1) is 0 Å². The van der Waals surface area contributed by atoms with E-state index in [9.17, 15) is 9.59 Å². The Balaban J connectivity index is 1.59. The largest absolute Gasteiger partial charge is 0.467 e. The summed E-state index contributed by atoms with van der Waals surface area (Å²) in [6, 6.07) is 7.27. The predicted octanol–water partition coefficient (Wildman–Crippen LogP) is 1.55. The molecule has 124 valence electrons. The highest BCUT2D eigenvalue weighted by Gasteiger charge is 2.42. The van der Waals surface area contributed by atoms with Crippen molar-refractivity contribution in [1.29, 1.82) is 0 Å². The minimum absolute atomic E-state index is 0.0948. The quantitative estimate of drug-likeness (QED) is 0.853. The Morgan fingerprint density at radius 2 is 2.09 bits per heavy atom. The summed E-state index contributed by atoms with van der Waals surface area (Å²) in [5.74, 6) is 0.344. The third-order valence-corrected chi connectivity index (χ3v) is 4.26. The van der Waals surface area contributed by atoms with Gasteiger partial charge in [0.2, 0.25) is 0 Å². The lowest BCUT2D eigenvalue weighted by molar-refractivity contribution is -0.146. The van der Waals surface area contributed by atoms with Crippen LogP contribution in [0.1, 0.15) is 36.5 Å². The van der Waals surface area contributed by atoms with Crippen molar-refractivity contribution in [2.24, 2.45) is 0 Å². The number of hydrogen-bond donors (Lipinski definition) is 1. The first-order valence-corrected chi connectivity index (χ1v) is 8.10. The second-order valence-electron chi connectivity index (χ2n) is 6.04. The maximum atomic E-state index is 12.3. The van der Waals surface area contributed by atoms with E-state index >= 15 is 0 Å². The Morgan fingerprint density at radius 1 is 1.35 bits per heavy atom.